The smallest absolute Gasteiger partial charge is 0.256 e. The standard InChI is InChI=1S/C23H16ClNO4/c1-13-5-2-3-8-16(13)23(28)25-17-9-10-18(26)21-19(27)12-20(29-22(17)21)14-6-4-7-15(24)11-14/h2-12,26H,1H3,(H,25,28). The second-order valence-corrected chi connectivity index (χ2v) is 7.03. The molecule has 0 unspecified atom stereocenters. The van der Waals surface area contributed by atoms with Gasteiger partial charge >= 0.3 is 0 Å². The average molecular weight is 406 g/mol. The van der Waals surface area contributed by atoms with Crippen LogP contribution >= 0.6 is 11.6 Å². The maximum atomic E-state index is 12.7. The molecule has 0 bridgehead atoms. The van der Waals surface area contributed by atoms with E-state index in [9.17, 15) is 14.7 Å². The van der Waals surface area contributed by atoms with Gasteiger partial charge in [-0.2, -0.15) is 0 Å². The normalized spacial score (nSPS) is 10.8. The van der Waals surface area contributed by atoms with E-state index >= 15 is 0 Å². The van der Waals surface area contributed by atoms with Gasteiger partial charge in [0.1, 0.15) is 16.9 Å². The molecule has 0 aliphatic heterocycles. The Kier molecular flexibility index (Phi) is 4.82. The summed E-state index contributed by atoms with van der Waals surface area (Å²) in [5.74, 6) is -0.284. The number of aromatic hydroxyl groups is 1. The summed E-state index contributed by atoms with van der Waals surface area (Å²) in [6.07, 6.45) is 0. The Balaban J connectivity index is 1.86. The summed E-state index contributed by atoms with van der Waals surface area (Å²) in [6, 6.07) is 18.2. The zero-order valence-electron chi connectivity index (χ0n) is 15.4. The minimum atomic E-state index is -0.425. The molecule has 2 N–H and O–H groups in total. The maximum absolute atomic E-state index is 12.7. The molecule has 0 radical (unpaired) electrons. The van der Waals surface area contributed by atoms with Crippen LogP contribution in [-0.4, -0.2) is 11.0 Å². The number of carbonyl (C=O) groups is 1. The summed E-state index contributed by atoms with van der Waals surface area (Å²) in [5.41, 5.74) is 1.87. The molecule has 1 aromatic heterocycles. The van der Waals surface area contributed by atoms with Gasteiger partial charge in [-0.05, 0) is 42.8 Å². The molecular formula is C23H16ClNO4. The number of hydrogen-bond donors (Lipinski definition) is 2. The Hall–Kier alpha value is -3.57. The number of amides is 1. The van der Waals surface area contributed by atoms with Gasteiger partial charge in [-0.1, -0.05) is 41.9 Å². The summed E-state index contributed by atoms with van der Waals surface area (Å²) < 4.78 is 5.93. The van der Waals surface area contributed by atoms with Crippen LogP contribution < -0.4 is 10.7 Å². The molecule has 3 aromatic carbocycles. The van der Waals surface area contributed by atoms with Crippen molar-refractivity contribution in [1.82, 2.24) is 0 Å². The third-order valence-corrected chi connectivity index (χ3v) is 4.84. The molecule has 0 saturated heterocycles. The van der Waals surface area contributed by atoms with Gasteiger partial charge in [0.25, 0.3) is 5.91 Å². The predicted molar refractivity (Wildman–Crippen MR) is 114 cm³/mol. The molecule has 0 saturated carbocycles. The van der Waals surface area contributed by atoms with Crippen LogP contribution in [0.2, 0.25) is 5.02 Å². The fourth-order valence-electron chi connectivity index (χ4n) is 3.15. The zero-order valence-corrected chi connectivity index (χ0v) is 16.2. The summed E-state index contributed by atoms with van der Waals surface area (Å²) in [4.78, 5) is 25.4. The molecule has 29 heavy (non-hydrogen) atoms. The topological polar surface area (TPSA) is 79.5 Å². The molecule has 0 spiro atoms. The van der Waals surface area contributed by atoms with Crippen LogP contribution in [0.25, 0.3) is 22.3 Å². The molecule has 0 fully saturated rings. The first-order valence-electron chi connectivity index (χ1n) is 8.87. The quantitative estimate of drug-likeness (QED) is 0.448. The number of carbonyl (C=O) groups excluding carboxylic acids is 1. The Bertz CT molecular complexity index is 1310. The van der Waals surface area contributed by atoms with E-state index in [0.717, 1.165) is 5.56 Å². The van der Waals surface area contributed by atoms with Crippen molar-refractivity contribution in [3.8, 4) is 17.1 Å². The van der Waals surface area contributed by atoms with Gasteiger partial charge in [0, 0.05) is 22.2 Å². The van der Waals surface area contributed by atoms with E-state index in [1.165, 1.54) is 18.2 Å². The first-order chi connectivity index (χ1) is 13.9. The summed E-state index contributed by atoms with van der Waals surface area (Å²) >= 11 is 6.04. The number of anilines is 1. The molecule has 0 aliphatic carbocycles. The number of aryl methyl sites for hydroxylation is 1. The molecule has 6 heteroatoms. The van der Waals surface area contributed by atoms with E-state index in [0.29, 0.717) is 16.1 Å². The molecule has 1 heterocycles. The van der Waals surface area contributed by atoms with Crippen molar-refractivity contribution in [2.75, 3.05) is 5.32 Å². The number of benzene rings is 3. The van der Waals surface area contributed by atoms with Crippen LogP contribution in [-0.2, 0) is 0 Å². The maximum Gasteiger partial charge on any atom is 0.256 e. The number of halogens is 1. The SMILES string of the molecule is Cc1ccccc1C(=O)Nc1ccc(O)c2c(=O)cc(-c3cccc(Cl)c3)oc12. The second kappa shape index (κ2) is 7.45. The van der Waals surface area contributed by atoms with Crippen molar-refractivity contribution in [1.29, 1.82) is 0 Å². The number of hydrogen-bond acceptors (Lipinski definition) is 4. The zero-order chi connectivity index (χ0) is 20.5. The summed E-state index contributed by atoms with van der Waals surface area (Å²) in [7, 11) is 0. The molecule has 0 atom stereocenters. The van der Waals surface area contributed by atoms with Gasteiger partial charge in [-0.15, -0.1) is 0 Å². The largest absolute Gasteiger partial charge is 0.507 e. The summed E-state index contributed by atoms with van der Waals surface area (Å²) in [6.45, 7) is 1.83. The lowest BCUT2D eigenvalue weighted by atomic mass is 10.1. The van der Waals surface area contributed by atoms with Crippen LogP contribution in [0.15, 0.2) is 75.9 Å². The highest BCUT2D eigenvalue weighted by atomic mass is 35.5. The first kappa shape index (κ1) is 18.8. The van der Waals surface area contributed by atoms with Crippen molar-refractivity contribution in [3.05, 3.63) is 93.1 Å². The highest BCUT2D eigenvalue weighted by Crippen LogP contribution is 2.33. The van der Waals surface area contributed by atoms with Crippen LogP contribution in [0.3, 0.4) is 0 Å². The van der Waals surface area contributed by atoms with Crippen LogP contribution in [0.4, 0.5) is 5.69 Å². The Morgan fingerprint density at radius 1 is 1.03 bits per heavy atom. The molecule has 5 nitrogen and oxygen atoms in total. The van der Waals surface area contributed by atoms with E-state index in [-0.39, 0.29) is 34.1 Å². The van der Waals surface area contributed by atoms with E-state index < -0.39 is 5.43 Å². The van der Waals surface area contributed by atoms with Crippen molar-refractivity contribution < 1.29 is 14.3 Å². The van der Waals surface area contributed by atoms with Gasteiger partial charge in [-0.25, -0.2) is 0 Å². The number of nitrogens with one attached hydrogen (secondary N) is 1. The molecule has 4 rings (SSSR count). The molecule has 0 aliphatic rings. The van der Waals surface area contributed by atoms with Crippen molar-refractivity contribution >= 4 is 34.2 Å². The number of rotatable bonds is 3. The van der Waals surface area contributed by atoms with Crippen molar-refractivity contribution in [3.63, 3.8) is 0 Å². The fourth-order valence-corrected chi connectivity index (χ4v) is 3.34. The van der Waals surface area contributed by atoms with Crippen LogP contribution in [0, 0.1) is 6.92 Å². The van der Waals surface area contributed by atoms with E-state index in [1.54, 1.807) is 36.4 Å². The van der Waals surface area contributed by atoms with Gasteiger partial charge < -0.3 is 14.8 Å². The van der Waals surface area contributed by atoms with Crippen molar-refractivity contribution in [2.24, 2.45) is 0 Å². The third kappa shape index (κ3) is 3.60. The van der Waals surface area contributed by atoms with Crippen LogP contribution in [0.5, 0.6) is 5.75 Å². The van der Waals surface area contributed by atoms with Crippen LogP contribution in [0.1, 0.15) is 15.9 Å². The number of fused-ring (bicyclic) bond motifs is 1. The summed E-state index contributed by atoms with van der Waals surface area (Å²) in [5, 5.41) is 13.5. The van der Waals surface area contributed by atoms with Gasteiger partial charge in [0.05, 0.1) is 5.69 Å². The van der Waals surface area contributed by atoms with E-state index in [2.05, 4.69) is 5.32 Å². The third-order valence-electron chi connectivity index (χ3n) is 4.60. The monoisotopic (exact) mass is 405 g/mol. The number of phenols is 1. The first-order valence-corrected chi connectivity index (χ1v) is 9.24. The van der Waals surface area contributed by atoms with Crippen molar-refractivity contribution in [2.45, 2.75) is 6.92 Å². The Morgan fingerprint density at radius 2 is 1.83 bits per heavy atom. The van der Waals surface area contributed by atoms with Gasteiger partial charge in [0.15, 0.2) is 11.0 Å². The number of phenolic OH excluding ortho intramolecular Hbond substituents is 1. The Morgan fingerprint density at radius 3 is 2.59 bits per heavy atom. The lowest BCUT2D eigenvalue weighted by molar-refractivity contribution is 0.102. The Labute approximate surface area is 171 Å². The lowest BCUT2D eigenvalue weighted by Crippen LogP contribution is -2.14. The molecule has 144 valence electrons. The average Bonchev–Trinajstić information content (AvgIpc) is 2.70. The molecular weight excluding hydrogens is 390 g/mol. The minimum Gasteiger partial charge on any atom is -0.507 e. The lowest BCUT2D eigenvalue weighted by Gasteiger charge is -2.11. The second-order valence-electron chi connectivity index (χ2n) is 6.59. The van der Waals surface area contributed by atoms with Gasteiger partial charge in [0.2, 0.25) is 0 Å². The highest BCUT2D eigenvalue weighted by Gasteiger charge is 2.17. The molecule has 4 aromatic rings. The van der Waals surface area contributed by atoms with Gasteiger partial charge in [-0.3, -0.25) is 9.59 Å². The van der Waals surface area contributed by atoms with E-state index in [1.807, 2.05) is 19.1 Å². The fraction of sp³-hybridized carbons (Fsp3) is 0.0435. The minimum absolute atomic E-state index is 0.00152. The predicted octanol–water partition coefficient (Wildman–Crippen LogP) is 5.38. The highest BCUT2D eigenvalue weighted by molar-refractivity contribution is 6.30. The molecule has 1 amide bonds. The van der Waals surface area contributed by atoms with E-state index in [4.69, 9.17) is 16.0 Å².